The second-order valence-electron chi connectivity index (χ2n) is 6.05. The molecule has 1 atom stereocenters. The van der Waals surface area contributed by atoms with Gasteiger partial charge < -0.3 is 15.7 Å². The van der Waals surface area contributed by atoms with Crippen LogP contribution in [0.4, 0.5) is 0 Å². The lowest BCUT2D eigenvalue weighted by Crippen LogP contribution is -2.36. The molecular formula is C16H22N2O2. The Balaban J connectivity index is 1.68. The van der Waals surface area contributed by atoms with Gasteiger partial charge in [0, 0.05) is 6.04 Å². The predicted octanol–water partition coefficient (Wildman–Crippen LogP) is 1.83. The largest absolute Gasteiger partial charge is 0.507 e. The van der Waals surface area contributed by atoms with Gasteiger partial charge in [-0.2, -0.15) is 0 Å². The molecule has 108 valence electrons. The molecule has 3 N–H and O–H groups in total. The molecule has 0 aromatic heterocycles. The smallest absolute Gasteiger partial charge is 0.255 e. The maximum Gasteiger partial charge on any atom is 0.255 e. The predicted molar refractivity (Wildman–Crippen MR) is 77.9 cm³/mol. The molecule has 1 aromatic carbocycles. The molecule has 2 fully saturated rings. The standard InChI is InChI=1S/C16H22N2O2/c1-2-11-3-4-13(19)12(9-11)15(20)18-14-10-16(14)5-7-17-8-6-16/h3-4,9,14,17,19H,2,5-8,10H2,1H3,(H,18,20)/t14-/m0/s1. The van der Waals surface area contributed by atoms with E-state index in [1.54, 1.807) is 12.1 Å². The number of benzene rings is 1. The molecule has 1 spiro atoms. The Morgan fingerprint density at radius 3 is 2.90 bits per heavy atom. The minimum atomic E-state index is -0.141. The lowest BCUT2D eigenvalue weighted by Gasteiger charge is -2.23. The van der Waals surface area contributed by atoms with Crippen molar-refractivity contribution in [3.8, 4) is 5.75 Å². The van der Waals surface area contributed by atoms with Crippen LogP contribution in [0.5, 0.6) is 5.75 Å². The van der Waals surface area contributed by atoms with Crippen LogP contribution in [0.15, 0.2) is 18.2 Å². The molecule has 4 heteroatoms. The zero-order chi connectivity index (χ0) is 14.2. The van der Waals surface area contributed by atoms with E-state index in [-0.39, 0.29) is 17.7 Å². The topological polar surface area (TPSA) is 61.4 Å². The number of phenolic OH excluding ortho intramolecular Hbond substituents is 1. The van der Waals surface area contributed by atoms with Crippen molar-refractivity contribution in [3.05, 3.63) is 29.3 Å². The SMILES string of the molecule is CCc1ccc(O)c(C(=O)N[C@H]2CC23CCNCC3)c1. The first-order valence-electron chi connectivity index (χ1n) is 7.48. The number of nitrogens with one attached hydrogen (secondary N) is 2. The highest BCUT2D eigenvalue weighted by Crippen LogP contribution is 2.52. The van der Waals surface area contributed by atoms with E-state index in [0.29, 0.717) is 11.0 Å². The first-order valence-corrected chi connectivity index (χ1v) is 7.48. The van der Waals surface area contributed by atoms with Crippen molar-refractivity contribution in [2.45, 2.75) is 38.6 Å². The summed E-state index contributed by atoms with van der Waals surface area (Å²) in [6.07, 6.45) is 4.21. The van der Waals surface area contributed by atoms with Crippen molar-refractivity contribution in [2.24, 2.45) is 5.41 Å². The van der Waals surface area contributed by atoms with Gasteiger partial charge in [-0.15, -0.1) is 0 Å². The number of aromatic hydroxyl groups is 1. The molecule has 4 nitrogen and oxygen atoms in total. The summed E-state index contributed by atoms with van der Waals surface area (Å²) in [5.74, 6) is -0.0714. The van der Waals surface area contributed by atoms with Crippen molar-refractivity contribution < 1.29 is 9.90 Å². The molecule has 1 aromatic rings. The Kier molecular flexibility index (Phi) is 3.42. The first kappa shape index (κ1) is 13.4. The lowest BCUT2D eigenvalue weighted by atomic mass is 9.94. The molecule has 0 bridgehead atoms. The molecule has 2 aliphatic rings. The summed E-state index contributed by atoms with van der Waals surface area (Å²) in [7, 11) is 0. The zero-order valence-electron chi connectivity index (χ0n) is 11.9. The third-order valence-corrected chi connectivity index (χ3v) is 4.81. The number of aryl methyl sites for hydroxylation is 1. The summed E-state index contributed by atoms with van der Waals surface area (Å²) >= 11 is 0. The van der Waals surface area contributed by atoms with E-state index in [9.17, 15) is 9.90 Å². The summed E-state index contributed by atoms with van der Waals surface area (Å²) in [6.45, 7) is 4.13. The number of hydrogen-bond acceptors (Lipinski definition) is 3. The van der Waals surface area contributed by atoms with Crippen LogP contribution in [0, 0.1) is 5.41 Å². The number of carbonyl (C=O) groups is 1. The lowest BCUT2D eigenvalue weighted by molar-refractivity contribution is 0.0940. The number of rotatable bonds is 3. The van der Waals surface area contributed by atoms with Gasteiger partial charge in [0.1, 0.15) is 5.75 Å². The van der Waals surface area contributed by atoms with E-state index in [0.717, 1.165) is 44.3 Å². The fraction of sp³-hybridized carbons (Fsp3) is 0.562. The van der Waals surface area contributed by atoms with Gasteiger partial charge in [0.15, 0.2) is 0 Å². The quantitative estimate of drug-likeness (QED) is 0.788. The number of piperidine rings is 1. The van der Waals surface area contributed by atoms with E-state index in [2.05, 4.69) is 10.6 Å². The van der Waals surface area contributed by atoms with Gasteiger partial charge >= 0.3 is 0 Å². The molecule has 1 saturated heterocycles. The molecule has 3 rings (SSSR count). The number of carbonyl (C=O) groups excluding carboxylic acids is 1. The van der Waals surface area contributed by atoms with Gasteiger partial charge in [-0.1, -0.05) is 13.0 Å². The number of amides is 1. The molecule has 1 saturated carbocycles. The summed E-state index contributed by atoms with van der Waals surface area (Å²) in [4.78, 5) is 12.3. The van der Waals surface area contributed by atoms with Crippen LogP contribution in [0.25, 0.3) is 0 Å². The van der Waals surface area contributed by atoms with Gasteiger partial charge in [-0.3, -0.25) is 4.79 Å². The fourth-order valence-electron chi connectivity index (χ4n) is 3.25. The van der Waals surface area contributed by atoms with Gasteiger partial charge in [0.25, 0.3) is 5.91 Å². The van der Waals surface area contributed by atoms with Crippen LogP contribution in [0.1, 0.15) is 42.1 Å². The molecule has 1 amide bonds. The molecule has 1 aliphatic carbocycles. The molecule has 1 aliphatic heterocycles. The van der Waals surface area contributed by atoms with E-state index in [1.807, 2.05) is 13.0 Å². The van der Waals surface area contributed by atoms with E-state index >= 15 is 0 Å². The molecular weight excluding hydrogens is 252 g/mol. The minimum Gasteiger partial charge on any atom is -0.507 e. The molecule has 1 heterocycles. The van der Waals surface area contributed by atoms with Gasteiger partial charge in [0.05, 0.1) is 5.56 Å². The second kappa shape index (κ2) is 5.09. The van der Waals surface area contributed by atoms with Gasteiger partial charge in [0.2, 0.25) is 0 Å². The van der Waals surface area contributed by atoms with Crippen LogP contribution < -0.4 is 10.6 Å². The van der Waals surface area contributed by atoms with E-state index < -0.39 is 0 Å². The highest BCUT2D eigenvalue weighted by molar-refractivity contribution is 5.97. The van der Waals surface area contributed by atoms with Crippen molar-refractivity contribution >= 4 is 5.91 Å². The third kappa shape index (κ3) is 2.40. The van der Waals surface area contributed by atoms with Gasteiger partial charge in [-0.25, -0.2) is 0 Å². The summed E-state index contributed by atoms with van der Waals surface area (Å²) in [6, 6.07) is 5.54. The maximum absolute atomic E-state index is 12.3. The summed E-state index contributed by atoms with van der Waals surface area (Å²) in [5.41, 5.74) is 1.79. The summed E-state index contributed by atoms with van der Waals surface area (Å²) < 4.78 is 0. The Morgan fingerprint density at radius 1 is 1.45 bits per heavy atom. The maximum atomic E-state index is 12.3. The van der Waals surface area contributed by atoms with Crippen LogP contribution >= 0.6 is 0 Å². The highest BCUT2D eigenvalue weighted by atomic mass is 16.3. The Morgan fingerprint density at radius 2 is 2.20 bits per heavy atom. The molecule has 20 heavy (non-hydrogen) atoms. The first-order chi connectivity index (χ1) is 9.64. The Bertz CT molecular complexity index is 521. The third-order valence-electron chi connectivity index (χ3n) is 4.81. The Labute approximate surface area is 119 Å². The van der Waals surface area contributed by atoms with Crippen molar-refractivity contribution in [3.63, 3.8) is 0 Å². The fourth-order valence-corrected chi connectivity index (χ4v) is 3.25. The normalized spacial score (nSPS) is 23.6. The monoisotopic (exact) mass is 274 g/mol. The van der Waals surface area contributed by atoms with Crippen LogP contribution in [0.3, 0.4) is 0 Å². The van der Waals surface area contributed by atoms with E-state index in [4.69, 9.17) is 0 Å². The number of hydrogen-bond donors (Lipinski definition) is 3. The van der Waals surface area contributed by atoms with E-state index in [1.165, 1.54) is 0 Å². The average molecular weight is 274 g/mol. The van der Waals surface area contributed by atoms with Crippen LogP contribution in [-0.4, -0.2) is 30.1 Å². The van der Waals surface area contributed by atoms with Crippen molar-refractivity contribution in [1.82, 2.24) is 10.6 Å². The van der Waals surface area contributed by atoms with Crippen molar-refractivity contribution in [2.75, 3.05) is 13.1 Å². The molecule has 0 unspecified atom stereocenters. The van der Waals surface area contributed by atoms with Crippen molar-refractivity contribution in [1.29, 1.82) is 0 Å². The average Bonchev–Trinajstić information content (AvgIpc) is 3.11. The highest BCUT2D eigenvalue weighted by Gasteiger charge is 2.54. The summed E-state index contributed by atoms with van der Waals surface area (Å²) in [5, 5.41) is 16.3. The second-order valence-corrected chi connectivity index (χ2v) is 6.05. The van der Waals surface area contributed by atoms with Crippen LogP contribution in [-0.2, 0) is 6.42 Å². The number of phenols is 1. The molecule has 0 radical (unpaired) electrons. The minimum absolute atomic E-state index is 0.0692. The zero-order valence-corrected chi connectivity index (χ0v) is 11.9. The van der Waals surface area contributed by atoms with Gasteiger partial charge in [-0.05, 0) is 61.9 Å². The Hall–Kier alpha value is -1.55. The van der Waals surface area contributed by atoms with Crippen LogP contribution in [0.2, 0.25) is 0 Å².